The molecule has 0 bridgehead atoms. The van der Waals surface area contributed by atoms with Crippen molar-refractivity contribution in [2.24, 2.45) is 0 Å². The van der Waals surface area contributed by atoms with Gasteiger partial charge < -0.3 is 15.7 Å². The van der Waals surface area contributed by atoms with E-state index < -0.39 is 5.60 Å². The Morgan fingerprint density at radius 1 is 1.38 bits per heavy atom. The molecule has 1 rings (SSSR count). The Morgan fingerprint density at radius 3 is 2.75 bits per heavy atom. The van der Waals surface area contributed by atoms with E-state index in [0.29, 0.717) is 6.54 Å². The Bertz CT molecular complexity index is 320. The van der Waals surface area contributed by atoms with Crippen molar-refractivity contribution in [2.45, 2.75) is 32.8 Å². The molecule has 0 saturated carbocycles. The van der Waals surface area contributed by atoms with E-state index in [9.17, 15) is 5.11 Å². The molecule has 3 N–H and O–H groups in total. The predicted octanol–water partition coefficient (Wildman–Crippen LogP) is 2.09. The number of rotatable bonds is 6. The lowest BCUT2D eigenvalue weighted by molar-refractivity contribution is 0.0945. The highest BCUT2D eigenvalue weighted by atomic mass is 16.3. The molecule has 0 amide bonds. The third-order valence-electron chi connectivity index (χ3n) is 2.04. The van der Waals surface area contributed by atoms with Gasteiger partial charge in [0.2, 0.25) is 0 Å². The monoisotopic (exact) mass is 223 g/mol. The summed E-state index contributed by atoms with van der Waals surface area (Å²) >= 11 is 0. The van der Waals surface area contributed by atoms with Crippen LogP contribution in [0.4, 0.5) is 11.5 Å². The van der Waals surface area contributed by atoms with Gasteiger partial charge in [0.15, 0.2) is 0 Å². The van der Waals surface area contributed by atoms with Crippen LogP contribution in [0.25, 0.3) is 0 Å². The number of aromatic nitrogens is 1. The molecule has 0 aliphatic heterocycles. The normalized spacial score (nSPS) is 11.2. The average molecular weight is 223 g/mol. The molecule has 0 atom stereocenters. The summed E-state index contributed by atoms with van der Waals surface area (Å²) < 4.78 is 0. The highest BCUT2D eigenvalue weighted by Crippen LogP contribution is 2.13. The summed E-state index contributed by atoms with van der Waals surface area (Å²) in [7, 11) is 0. The molecule has 4 heteroatoms. The minimum Gasteiger partial charge on any atom is -0.389 e. The fourth-order valence-electron chi connectivity index (χ4n) is 1.21. The van der Waals surface area contributed by atoms with Crippen molar-refractivity contribution in [3.05, 3.63) is 18.3 Å². The van der Waals surface area contributed by atoms with E-state index in [-0.39, 0.29) is 0 Å². The molecule has 0 aliphatic rings. The number of hydrogen-bond donors (Lipinski definition) is 3. The van der Waals surface area contributed by atoms with Crippen LogP contribution in [0.2, 0.25) is 0 Å². The van der Waals surface area contributed by atoms with E-state index in [0.717, 1.165) is 24.5 Å². The van der Waals surface area contributed by atoms with Crippen LogP contribution in [0.1, 0.15) is 27.2 Å². The van der Waals surface area contributed by atoms with Crippen LogP contribution >= 0.6 is 0 Å². The molecule has 0 aromatic carbocycles. The Morgan fingerprint density at radius 2 is 2.12 bits per heavy atom. The van der Waals surface area contributed by atoms with Gasteiger partial charge in [-0.05, 0) is 26.3 Å². The summed E-state index contributed by atoms with van der Waals surface area (Å²) in [6.45, 7) is 7.10. The number of hydrogen-bond acceptors (Lipinski definition) is 4. The lowest BCUT2D eigenvalue weighted by Gasteiger charge is -2.18. The van der Waals surface area contributed by atoms with E-state index in [1.54, 1.807) is 20.0 Å². The molecule has 4 nitrogen and oxygen atoms in total. The van der Waals surface area contributed by atoms with Crippen molar-refractivity contribution >= 4 is 11.5 Å². The largest absolute Gasteiger partial charge is 0.389 e. The van der Waals surface area contributed by atoms with Crippen LogP contribution < -0.4 is 10.6 Å². The fourth-order valence-corrected chi connectivity index (χ4v) is 1.21. The Balaban J connectivity index is 2.53. The SMILES string of the molecule is CCCNc1cc(NCC(C)(C)O)ccn1. The minimum absolute atomic E-state index is 0.518. The predicted molar refractivity (Wildman–Crippen MR) is 67.8 cm³/mol. The lowest BCUT2D eigenvalue weighted by Crippen LogP contribution is -2.29. The molecular weight excluding hydrogens is 202 g/mol. The van der Waals surface area contributed by atoms with E-state index in [1.807, 2.05) is 12.1 Å². The van der Waals surface area contributed by atoms with Gasteiger partial charge in [0.05, 0.1) is 5.60 Å². The van der Waals surface area contributed by atoms with Crippen molar-refractivity contribution in [1.82, 2.24) is 4.98 Å². The molecule has 1 aromatic heterocycles. The topological polar surface area (TPSA) is 57.2 Å². The molecule has 0 spiro atoms. The fraction of sp³-hybridized carbons (Fsp3) is 0.583. The highest BCUT2D eigenvalue weighted by molar-refractivity contribution is 5.51. The maximum Gasteiger partial charge on any atom is 0.127 e. The zero-order valence-corrected chi connectivity index (χ0v) is 10.2. The maximum atomic E-state index is 9.60. The van der Waals surface area contributed by atoms with Gasteiger partial charge in [0, 0.05) is 31.0 Å². The van der Waals surface area contributed by atoms with E-state index >= 15 is 0 Å². The van der Waals surface area contributed by atoms with Crippen LogP contribution in [-0.4, -0.2) is 28.8 Å². The second kappa shape index (κ2) is 5.70. The summed E-state index contributed by atoms with van der Waals surface area (Å²) in [6.07, 6.45) is 2.83. The molecule has 1 aromatic rings. The van der Waals surface area contributed by atoms with Gasteiger partial charge >= 0.3 is 0 Å². The Labute approximate surface area is 97.1 Å². The minimum atomic E-state index is -0.708. The lowest BCUT2D eigenvalue weighted by atomic mass is 10.1. The zero-order valence-electron chi connectivity index (χ0n) is 10.2. The van der Waals surface area contributed by atoms with Crippen LogP contribution in [0.3, 0.4) is 0 Å². The van der Waals surface area contributed by atoms with Gasteiger partial charge in [-0.25, -0.2) is 4.98 Å². The third kappa shape index (κ3) is 4.98. The van der Waals surface area contributed by atoms with Crippen molar-refractivity contribution in [1.29, 1.82) is 0 Å². The summed E-state index contributed by atoms with van der Waals surface area (Å²) in [4.78, 5) is 4.21. The van der Waals surface area contributed by atoms with Crippen LogP contribution in [0.5, 0.6) is 0 Å². The number of aliphatic hydroxyl groups is 1. The van der Waals surface area contributed by atoms with Crippen molar-refractivity contribution in [3.63, 3.8) is 0 Å². The van der Waals surface area contributed by atoms with Gasteiger partial charge in [-0.15, -0.1) is 0 Å². The first-order chi connectivity index (χ1) is 7.51. The van der Waals surface area contributed by atoms with Crippen molar-refractivity contribution < 1.29 is 5.11 Å². The van der Waals surface area contributed by atoms with E-state index in [4.69, 9.17) is 0 Å². The zero-order chi connectivity index (χ0) is 12.0. The van der Waals surface area contributed by atoms with Gasteiger partial charge in [0.1, 0.15) is 5.82 Å². The van der Waals surface area contributed by atoms with E-state index in [2.05, 4.69) is 22.5 Å². The van der Waals surface area contributed by atoms with Crippen LogP contribution in [-0.2, 0) is 0 Å². The number of nitrogens with zero attached hydrogens (tertiary/aromatic N) is 1. The first kappa shape index (κ1) is 12.8. The molecule has 16 heavy (non-hydrogen) atoms. The van der Waals surface area contributed by atoms with Crippen LogP contribution in [0, 0.1) is 0 Å². The summed E-state index contributed by atoms with van der Waals surface area (Å²) in [5, 5.41) is 16.0. The van der Waals surface area contributed by atoms with Crippen molar-refractivity contribution in [2.75, 3.05) is 23.7 Å². The summed E-state index contributed by atoms with van der Waals surface area (Å²) in [5.41, 5.74) is 0.260. The van der Waals surface area contributed by atoms with Gasteiger partial charge in [-0.2, -0.15) is 0 Å². The Hall–Kier alpha value is -1.29. The van der Waals surface area contributed by atoms with Gasteiger partial charge in [-0.1, -0.05) is 6.92 Å². The van der Waals surface area contributed by atoms with Gasteiger partial charge in [0.25, 0.3) is 0 Å². The quantitative estimate of drug-likeness (QED) is 0.691. The maximum absolute atomic E-state index is 9.60. The number of anilines is 2. The summed E-state index contributed by atoms with van der Waals surface area (Å²) in [6, 6.07) is 3.84. The molecule has 1 heterocycles. The highest BCUT2D eigenvalue weighted by Gasteiger charge is 2.11. The first-order valence-electron chi connectivity index (χ1n) is 5.67. The average Bonchev–Trinajstić information content (AvgIpc) is 2.23. The standard InChI is InChI=1S/C12H21N3O/c1-4-6-13-11-8-10(5-7-14-11)15-9-12(2,3)16/h5,7-8,16H,4,6,9H2,1-3H3,(H2,13,14,15). The smallest absolute Gasteiger partial charge is 0.127 e. The molecule has 90 valence electrons. The van der Waals surface area contributed by atoms with Crippen molar-refractivity contribution in [3.8, 4) is 0 Å². The van der Waals surface area contributed by atoms with E-state index in [1.165, 1.54) is 0 Å². The number of pyridine rings is 1. The first-order valence-corrected chi connectivity index (χ1v) is 5.67. The van der Waals surface area contributed by atoms with Crippen LogP contribution in [0.15, 0.2) is 18.3 Å². The summed E-state index contributed by atoms with van der Waals surface area (Å²) in [5.74, 6) is 0.864. The Kier molecular flexibility index (Phi) is 4.55. The molecule has 0 radical (unpaired) electrons. The third-order valence-corrected chi connectivity index (χ3v) is 2.04. The number of nitrogens with one attached hydrogen (secondary N) is 2. The molecule has 0 unspecified atom stereocenters. The molecular formula is C12H21N3O. The molecule has 0 aliphatic carbocycles. The second-order valence-corrected chi connectivity index (χ2v) is 4.52. The second-order valence-electron chi connectivity index (χ2n) is 4.52. The molecule has 0 fully saturated rings. The molecule has 0 saturated heterocycles. The van der Waals surface area contributed by atoms with Gasteiger partial charge in [-0.3, -0.25) is 0 Å².